The number of rotatable bonds is 14. The van der Waals surface area contributed by atoms with Gasteiger partial charge in [-0.25, -0.2) is 0 Å². The lowest BCUT2D eigenvalue weighted by Gasteiger charge is -2.17. The molecule has 0 aliphatic rings. The van der Waals surface area contributed by atoms with Crippen LogP contribution in [0.25, 0.3) is 0 Å². The number of unbranched alkanes of at least 4 members (excludes halogenated alkanes) is 8. The van der Waals surface area contributed by atoms with Crippen LogP contribution >= 0.6 is 0 Å². The fraction of sp³-hybridized carbons (Fsp3) is 0.739. The van der Waals surface area contributed by atoms with Crippen molar-refractivity contribution in [3.63, 3.8) is 0 Å². The first-order chi connectivity index (χ1) is 11.7. The molecular formula is C23H40O. The second-order valence-corrected chi connectivity index (χ2v) is 7.28. The SMILES string of the molecule is CCCCCCc1ccc(O)c(CCCCC)c1CCCCCC. The van der Waals surface area contributed by atoms with Crippen LogP contribution in [0.1, 0.15) is 108 Å². The van der Waals surface area contributed by atoms with Gasteiger partial charge in [-0.1, -0.05) is 78.2 Å². The lowest BCUT2D eigenvalue weighted by molar-refractivity contribution is 0.464. The first-order valence-electron chi connectivity index (χ1n) is 10.6. The monoisotopic (exact) mass is 332 g/mol. The fourth-order valence-electron chi connectivity index (χ4n) is 3.58. The van der Waals surface area contributed by atoms with Crippen molar-refractivity contribution in [3.05, 3.63) is 28.8 Å². The Balaban J connectivity index is 2.82. The first kappa shape index (κ1) is 21.1. The van der Waals surface area contributed by atoms with Crippen molar-refractivity contribution in [1.82, 2.24) is 0 Å². The third-order valence-corrected chi connectivity index (χ3v) is 5.11. The highest BCUT2D eigenvalue weighted by molar-refractivity contribution is 5.45. The van der Waals surface area contributed by atoms with Crippen LogP contribution in [0.2, 0.25) is 0 Å². The van der Waals surface area contributed by atoms with E-state index >= 15 is 0 Å². The van der Waals surface area contributed by atoms with E-state index in [9.17, 15) is 5.11 Å². The Morgan fingerprint density at radius 2 is 1.08 bits per heavy atom. The minimum atomic E-state index is 0.536. The van der Waals surface area contributed by atoms with Crippen molar-refractivity contribution in [2.75, 3.05) is 0 Å². The molecule has 0 radical (unpaired) electrons. The minimum Gasteiger partial charge on any atom is -0.508 e. The van der Waals surface area contributed by atoms with Crippen molar-refractivity contribution >= 4 is 0 Å². The van der Waals surface area contributed by atoms with Crippen molar-refractivity contribution < 1.29 is 5.11 Å². The molecule has 1 N–H and O–H groups in total. The predicted molar refractivity (Wildman–Crippen MR) is 107 cm³/mol. The number of benzene rings is 1. The molecule has 24 heavy (non-hydrogen) atoms. The molecule has 1 heteroatoms. The topological polar surface area (TPSA) is 20.2 Å². The summed E-state index contributed by atoms with van der Waals surface area (Å²) in [6.45, 7) is 6.78. The van der Waals surface area contributed by atoms with Crippen LogP contribution in [0.5, 0.6) is 5.75 Å². The summed E-state index contributed by atoms with van der Waals surface area (Å²) in [5, 5.41) is 10.4. The zero-order valence-electron chi connectivity index (χ0n) is 16.5. The van der Waals surface area contributed by atoms with E-state index in [1.165, 1.54) is 93.7 Å². The van der Waals surface area contributed by atoms with E-state index in [0.717, 1.165) is 12.8 Å². The molecule has 0 heterocycles. The molecule has 1 rings (SSSR count). The van der Waals surface area contributed by atoms with E-state index < -0.39 is 0 Å². The average Bonchev–Trinajstić information content (AvgIpc) is 2.59. The molecule has 0 amide bonds. The molecule has 0 fully saturated rings. The van der Waals surface area contributed by atoms with E-state index in [1.807, 2.05) is 6.07 Å². The molecular weight excluding hydrogens is 292 g/mol. The van der Waals surface area contributed by atoms with Crippen LogP contribution in [0.15, 0.2) is 12.1 Å². The Morgan fingerprint density at radius 3 is 1.71 bits per heavy atom. The van der Waals surface area contributed by atoms with Crippen molar-refractivity contribution in [3.8, 4) is 5.75 Å². The molecule has 0 atom stereocenters. The van der Waals surface area contributed by atoms with Gasteiger partial charge in [-0.2, -0.15) is 0 Å². The van der Waals surface area contributed by atoms with Crippen LogP contribution in [-0.4, -0.2) is 5.11 Å². The van der Waals surface area contributed by atoms with Gasteiger partial charge in [0.15, 0.2) is 0 Å². The molecule has 0 saturated carbocycles. The number of hydrogen-bond donors (Lipinski definition) is 1. The second kappa shape index (κ2) is 13.3. The summed E-state index contributed by atoms with van der Waals surface area (Å²) >= 11 is 0. The van der Waals surface area contributed by atoms with Gasteiger partial charge in [0.2, 0.25) is 0 Å². The number of aryl methyl sites for hydroxylation is 1. The second-order valence-electron chi connectivity index (χ2n) is 7.28. The summed E-state index contributed by atoms with van der Waals surface area (Å²) in [6.07, 6.45) is 17.5. The van der Waals surface area contributed by atoms with E-state index in [4.69, 9.17) is 0 Å². The van der Waals surface area contributed by atoms with Gasteiger partial charge in [-0.3, -0.25) is 0 Å². The van der Waals surface area contributed by atoms with Crippen LogP contribution in [0.3, 0.4) is 0 Å². The van der Waals surface area contributed by atoms with Gasteiger partial charge in [-0.05, 0) is 61.3 Å². The quantitative estimate of drug-likeness (QED) is 0.352. The van der Waals surface area contributed by atoms with Gasteiger partial charge in [0, 0.05) is 0 Å². The Morgan fingerprint density at radius 1 is 0.583 bits per heavy atom. The lowest BCUT2D eigenvalue weighted by atomic mass is 9.89. The maximum atomic E-state index is 10.4. The molecule has 0 unspecified atom stereocenters. The maximum Gasteiger partial charge on any atom is 0.119 e. The summed E-state index contributed by atoms with van der Waals surface area (Å²) in [5.74, 6) is 0.536. The molecule has 1 aromatic carbocycles. The van der Waals surface area contributed by atoms with Gasteiger partial charge >= 0.3 is 0 Å². The Kier molecular flexibility index (Phi) is 11.7. The largest absolute Gasteiger partial charge is 0.508 e. The third kappa shape index (κ3) is 7.73. The fourth-order valence-corrected chi connectivity index (χ4v) is 3.58. The van der Waals surface area contributed by atoms with Crippen molar-refractivity contribution in [2.45, 2.75) is 111 Å². The van der Waals surface area contributed by atoms with Crippen molar-refractivity contribution in [2.24, 2.45) is 0 Å². The average molecular weight is 333 g/mol. The molecule has 0 aromatic heterocycles. The Hall–Kier alpha value is -0.980. The number of phenolic OH excluding ortho intramolecular Hbond substituents is 1. The zero-order chi connectivity index (χ0) is 17.6. The van der Waals surface area contributed by atoms with E-state index in [0.29, 0.717) is 5.75 Å². The third-order valence-electron chi connectivity index (χ3n) is 5.11. The molecule has 0 aliphatic carbocycles. The summed E-state index contributed by atoms with van der Waals surface area (Å²) in [7, 11) is 0. The van der Waals surface area contributed by atoms with Crippen LogP contribution < -0.4 is 0 Å². The van der Waals surface area contributed by atoms with Crippen LogP contribution in [0, 0.1) is 0 Å². The van der Waals surface area contributed by atoms with E-state index in [1.54, 1.807) is 0 Å². The number of aromatic hydroxyl groups is 1. The summed E-state index contributed by atoms with van der Waals surface area (Å²) < 4.78 is 0. The van der Waals surface area contributed by atoms with Gasteiger partial charge < -0.3 is 5.11 Å². The zero-order valence-corrected chi connectivity index (χ0v) is 16.5. The Labute approximate surface area is 150 Å². The molecule has 1 aromatic rings. The Bertz CT molecular complexity index is 436. The van der Waals surface area contributed by atoms with Crippen LogP contribution in [-0.2, 0) is 19.3 Å². The predicted octanol–water partition coefficient (Wildman–Crippen LogP) is 7.37. The first-order valence-corrected chi connectivity index (χ1v) is 10.6. The number of phenols is 1. The van der Waals surface area contributed by atoms with Gasteiger partial charge in [0.1, 0.15) is 5.75 Å². The maximum absolute atomic E-state index is 10.4. The number of hydrogen-bond acceptors (Lipinski definition) is 1. The summed E-state index contributed by atoms with van der Waals surface area (Å²) in [5.41, 5.74) is 4.25. The van der Waals surface area contributed by atoms with E-state index in [2.05, 4.69) is 26.8 Å². The van der Waals surface area contributed by atoms with E-state index in [-0.39, 0.29) is 0 Å². The molecule has 0 bridgehead atoms. The lowest BCUT2D eigenvalue weighted by Crippen LogP contribution is -2.02. The minimum absolute atomic E-state index is 0.536. The highest BCUT2D eigenvalue weighted by Crippen LogP contribution is 2.29. The van der Waals surface area contributed by atoms with Crippen LogP contribution in [0.4, 0.5) is 0 Å². The normalized spacial score (nSPS) is 11.1. The molecule has 1 nitrogen and oxygen atoms in total. The molecule has 0 saturated heterocycles. The van der Waals surface area contributed by atoms with Gasteiger partial charge in [0.05, 0.1) is 0 Å². The molecule has 0 aliphatic heterocycles. The standard InChI is InChI=1S/C23H40O/c1-4-7-10-13-15-20-18-19-23(24)22(17-12-9-6-3)21(20)16-14-11-8-5-2/h18-19,24H,4-17H2,1-3H3. The van der Waals surface area contributed by atoms with Gasteiger partial charge in [0.25, 0.3) is 0 Å². The highest BCUT2D eigenvalue weighted by Gasteiger charge is 2.12. The molecule has 0 spiro atoms. The highest BCUT2D eigenvalue weighted by atomic mass is 16.3. The van der Waals surface area contributed by atoms with Crippen molar-refractivity contribution in [1.29, 1.82) is 0 Å². The molecule has 138 valence electrons. The smallest absolute Gasteiger partial charge is 0.119 e. The summed E-state index contributed by atoms with van der Waals surface area (Å²) in [4.78, 5) is 0. The summed E-state index contributed by atoms with van der Waals surface area (Å²) in [6, 6.07) is 4.14. The van der Waals surface area contributed by atoms with Gasteiger partial charge in [-0.15, -0.1) is 0 Å².